The maximum atomic E-state index is 11.2. The molecule has 0 spiro atoms. The lowest BCUT2D eigenvalue weighted by Gasteiger charge is -2.27. The Morgan fingerprint density at radius 3 is 2.53 bits per heavy atom. The van der Waals surface area contributed by atoms with Gasteiger partial charge < -0.3 is 14.8 Å². The fraction of sp³-hybridized carbons (Fsp3) is 0.923. The zero-order valence-corrected chi connectivity index (χ0v) is 11.6. The minimum absolute atomic E-state index is 0.0922. The lowest BCUT2D eigenvalue weighted by Crippen LogP contribution is -2.44. The van der Waals surface area contributed by atoms with E-state index in [1.54, 1.807) is 0 Å². The summed E-state index contributed by atoms with van der Waals surface area (Å²) in [6.45, 7) is 11.3. The molecule has 100 valence electrons. The molecule has 1 saturated heterocycles. The number of esters is 1. The van der Waals surface area contributed by atoms with E-state index >= 15 is 0 Å². The Bertz CT molecular complexity index is 274. The van der Waals surface area contributed by atoms with Crippen molar-refractivity contribution in [2.75, 3.05) is 13.2 Å². The largest absolute Gasteiger partial charge is 0.466 e. The first-order valence-corrected chi connectivity index (χ1v) is 6.36. The van der Waals surface area contributed by atoms with Gasteiger partial charge in [0, 0.05) is 12.6 Å². The van der Waals surface area contributed by atoms with Crippen LogP contribution >= 0.6 is 0 Å². The van der Waals surface area contributed by atoms with Crippen LogP contribution < -0.4 is 5.32 Å². The Morgan fingerprint density at radius 1 is 1.41 bits per heavy atom. The van der Waals surface area contributed by atoms with Crippen LogP contribution in [0.3, 0.4) is 0 Å². The zero-order valence-electron chi connectivity index (χ0n) is 11.6. The van der Waals surface area contributed by atoms with E-state index in [2.05, 4.69) is 33.0 Å². The van der Waals surface area contributed by atoms with Crippen molar-refractivity contribution in [2.45, 2.75) is 64.7 Å². The van der Waals surface area contributed by atoms with Gasteiger partial charge in [-0.05, 0) is 41.0 Å². The molecule has 17 heavy (non-hydrogen) atoms. The van der Waals surface area contributed by atoms with E-state index in [1.807, 2.05) is 6.92 Å². The molecule has 0 bridgehead atoms. The summed E-state index contributed by atoms with van der Waals surface area (Å²) in [7, 11) is 0. The molecule has 1 unspecified atom stereocenters. The molecule has 1 aliphatic rings. The predicted molar refractivity (Wildman–Crippen MR) is 66.9 cm³/mol. The van der Waals surface area contributed by atoms with Gasteiger partial charge in [-0.2, -0.15) is 0 Å². The summed E-state index contributed by atoms with van der Waals surface area (Å²) in [4.78, 5) is 11.2. The van der Waals surface area contributed by atoms with E-state index in [1.165, 1.54) is 0 Å². The molecule has 4 heteroatoms. The van der Waals surface area contributed by atoms with Gasteiger partial charge in [0.2, 0.25) is 0 Å². The first kappa shape index (κ1) is 14.5. The van der Waals surface area contributed by atoms with Crippen LogP contribution in [0.5, 0.6) is 0 Å². The predicted octanol–water partition coefficient (Wildman–Crippen LogP) is 1.88. The van der Waals surface area contributed by atoms with Crippen LogP contribution in [0.1, 0.15) is 47.5 Å². The van der Waals surface area contributed by atoms with Gasteiger partial charge in [-0.25, -0.2) is 0 Å². The van der Waals surface area contributed by atoms with Crippen molar-refractivity contribution < 1.29 is 14.3 Å². The third-order valence-electron chi connectivity index (χ3n) is 3.10. The van der Waals surface area contributed by atoms with Gasteiger partial charge in [-0.15, -0.1) is 0 Å². The quantitative estimate of drug-likeness (QED) is 0.749. The second-order valence-electron chi connectivity index (χ2n) is 5.73. The molecule has 1 atom stereocenters. The van der Waals surface area contributed by atoms with Crippen molar-refractivity contribution in [3.63, 3.8) is 0 Å². The third-order valence-corrected chi connectivity index (χ3v) is 3.10. The lowest BCUT2D eigenvalue weighted by atomic mass is 9.94. The molecule has 1 rings (SSSR count). The number of rotatable bonds is 5. The highest BCUT2D eigenvalue weighted by Crippen LogP contribution is 2.37. The number of carbonyl (C=O) groups excluding carboxylic acids is 1. The normalized spacial score (nSPS) is 25.8. The maximum Gasteiger partial charge on any atom is 0.307 e. The van der Waals surface area contributed by atoms with E-state index in [0.29, 0.717) is 19.6 Å². The summed E-state index contributed by atoms with van der Waals surface area (Å²) in [6.07, 6.45) is 1.38. The molecule has 1 fully saturated rings. The summed E-state index contributed by atoms with van der Waals surface area (Å²) in [5.41, 5.74) is -0.275. The van der Waals surface area contributed by atoms with Gasteiger partial charge in [0.1, 0.15) is 0 Å². The van der Waals surface area contributed by atoms with Crippen molar-refractivity contribution in [3.05, 3.63) is 0 Å². The number of hydrogen-bond donors (Lipinski definition) is 1. The van der Waals surface area contributed by atoms with E-state index in [-0.39, 0.29) is 23.2 Å². The molecular formula is C13H25NO3. The molecule has 1 aliphatic heterocycles. The Hall–Kier alpha value is -0.610. The van der Waals surface area contributed by atoms with Crippen molar-refractivity contribution in [1.82, 2.24) is 5.32 Å². The van der Waals surface area contributed by atoms with Crippen LogP contribution in [0.4, 0.5) is 0 Å². The molecule has 0 radical (unpaired) electrons. The molecule has 1 N–H and O–H groups in total. The van der Waals surface area contributed by atoms with E-state index in [9.17, 15) is 4.79 Å². The Labute approximate surface area is 104 Å². The molecule has 0 aliphatic carbocycles. The van der Waals surface area contributed by atoms with Crippen LogP contribution in [-0.2, 0) is 14.3 Å². The molecule has 0 amide bonds. The SMILES string of the molecule is CCOC(=O)CCNC1CC(C)(C)OC1(C)C. The first-order valence-electron chi connectivity index (χ1n) is 6.36. The number of ether oxygens (including phenoxy) is 2. The molecule has 0 saturated carbocycles. The van der Waals surface area contributed by atoms with Gasteiger partial charge >= 0.3 is 5.97 Å². The van der Waals surface area contributed by atoms with Crippen LogP contribution in [0.25, 0.3) is 0 Å². The molecule has 0 aromatic rings. The minimum Gasteiger partial charge on any atom is -0.466 e. The molecular weight excluding hydrogens is 218 g/mol. The Morgan fingerprint density at radius 2 is 2.06 bits per heavy atom. The maximum absolute atomic E-state index is 11.2. The molecule has 4 nitrogen and oxygen atoms in total. The topological polar surface area (TPSA) is 47.6 Å². The van der Waals surface area contributed by atoms with Crippen LogP contribution in [0, 0.1) is 0 Å². The zero-order chi connectivity index (χ0) is 13.1. The minimum atomic E-state index is -0.182. The standard InChI is InChI=1S/C13H25NO3/c1-6-16-11(15)7-8-14-10-9-12(2,3)17-13(10,4)5/h10,14H,6-9H2,1-5H3. The van der Waals surface area contributed by atoms with Crippen molar-refractivity contribution in [3.8, 4) is 0 Å². The summed E-state index contributed by atoms with van der Waals surface area (Å²) < 4.78 is 10.9. The second-order valence-corrected chi connectivity index (χ2v) is 5.73. The average Bonchev–Trinajstić information content (AvgIpc) is 2.34. The summed E-state index contributed by atoms with van der Waals surface area (Å²) in [5, 5.41) is 3.39. The number of carbonyl (C=O) groups is 1. The fourth-order valence-electron chi connectivity index (χ4n) is 2.46. The van der Waals surface area contributed by atoms with Gasteiger partial charge in [-0.1, -0.05) is 0 Å². The van der Waals surface area contributed by atoms with Crippen LogP contribution in [0.2, 0.25) is 0 Å². The summed E-state index contributed by atoms with van der Waals surface area (Å²) in [6, 6.07) is 0.284. The first-order chi connectivity index (χ1) is 7.77. The molecule has 0 aromatic carbocycles. The monoisotopic (exact) mass is 243 g/mol. The van der Waals surface area contributed by atoms with Crippen LogP contribution in [-0.4, -0.2) is 36.4 Å². The third kappa shape index (κ3) is 4.28. The summed E-state index contributed by atoms with van der Waals surface area (Å²) >= 11 is 0. The van der Waals surface area contributed by atoms with Gasteiger partial charge in [-0.3, -0.25) is 4.79 Å². The van der Waals surface area contributed by atoms with Gasteiger partial charge in [0.25, 0.3) is 0 Å². The second kappa shape index (κ2) is 5.36. The van der Waals surface area contributed by atoms with Crippen molar-refractivity contribution in [2.24, 2.45) is 0 Å². The van der Waals surface area contributed by atoms with Gasteiger partial charge in [0.05, 0.1) is 24.2 Å². The number of nitrogens with one attached hydrogen (secondary N) is 1. The smallest absolute Gasteiger partial charge is 0.307 e. The van der Waals surface area contributed by atoms with E-state index in [4.69, 9.17) is 9.47 Å². The average molecular weight is 243 g/mol. The Kier molecular flexibility index (Phi) is 4.55. The number of hydrogen-bond acceptors (Lipinski definition) is 4. The van der Waals surface area contributed by atoms with Crippen LogP contribution in [0.15, 0.2) is 0 Å². The van der Waals surface area contributed by atoms with E-state index in [0.717, 1.165) is 6.42 Å². The van der Waals surface area contributed by atoms with Gasteiger partial charge in [0.15, 0.2) is 0 Å². The lowest BCUT2D eigenvalue weighted by molar-refractivity contribution is -0.143. The highest BCUT2D eigenvalue weighted by molar-refractivity contribution is 5.69. The highest BCUT2D eigenvalue weighted by Gasteiger charge is 2.45. The fourth-order valence-corrected chi connectivity index (χ4v) is 2.46. The molecule has 1 heterocycles. The molecule has 0 aromatic heterocycles. The van der Waals surface area contributed by atoms with Crippen molar-refractivity contribution in [1.29, 1.82) is 0 Å². The highest BCUT2D eigenvalue weighted by atomic mass is 16.5. The Balaban J connectivity index is 2.35. The van der Waals surface area contributed by atoms with E-state index < -0.39 is 0 Å². The van der Waals surface area contributed by atoms with Crippen molar-refractivity contribution >= 4 is 5.97 Å². The summed E-state index contributed by atoms with van der Waals surface area (Å²) in [5.74, 6) is -0.143.